The Balaban J connectivity index is 1.67. The minimum atomic E-state index is -0.226. The summed E-state index contributed by atoms with van der Waals surface area (Å²) < 4.78 is 7.01. The van der Waals surface area contributed by atoms with Gasteiger partial charge >= 0.3 is 0 Å². The van der Waals surface area contributed by atoms with Crippen LogP contribution < -0.4 is 15.3 Å². The van der Waals surface area contributed by atoms with Crippen molar-refractivity contribution in [2.75, 3.05) is 12.1 Å². The summed E-state index contributed by atoms with van der Waals surface area (Å²) in [6.45, 7) is 2.44. The third kappa shape index (κ3) is 3.53. The lowest BCUT2D eigenvalue weighted by molar-refractivity contribution is 0.414. The van der Waals surface area contributed by atoms with Crippen LogP contribution in [0.4, 0.5) is 5.69 Å². The number of aryl methyl sites for hydroxylation is 1. The molecule has 1 atom stereocenters. The molecule has 5 rings (SSSR count). The molecule has 3 aromatic carbocycles. The number of anilines is 1. The summed E-state index contributed by atoms with van der Waals surface area (Å²) in [6.07, 6.45) is 0.492. The van der Waals surface area contributed by atoms with Gasteiger partial charge in [-0.2, -0.15) is 5.10 Å². The molecule has 1 aliphatic heterocycles. The van der Waals surface area contributed by atoms with Gasteiger partial charge in [0.25, 0.3) is 5.56 Å². The van der Waals surface area contributed by atoms with Crippen LogP contribution in [0.1, 0.15) is 30.5 Å². The Bertz CT molecular complexity index is 1390. The van der Waals surface area contributed by atoms with Gasteiger partial charge < -0.3 is 14.4 Å². The molecule has 0 spiro atoms. The average molecular weight is 440 g/mol. The van der Waals surface area contributed by atoms with E-state index in [0.29, 0.717) is 24.1 Å². The topological polar surface area (TPSA) is 67.1 Å². The van der Waals surface area contributed by atoms with E-state index in [2.05, 4.69) is 0 Å². The molecule has 0 amide bonds. The Kier molecular flexibility index (Phi) is 5.34. The molecule has 1 aliphatic rings. The molecule has 0 fully saturated rings. The van der Waals surface area contributed by atoms with Crippen LogP contribution in [0.3, 0.4) is 0 Å². The van der Waals surface area contributed by atoms with E-state index in [9.17, 15) is 9.90 Å². The summed E-state index contributed by atoms with van der Waals surface area (Å²) in [5, 5.41) is 18.6. The molecule has 0 bridgehead atoms. The molecular weight excluding hydrogens is 414 g/mol. The van der Waals surface area contributed by atoms with Crippen molar-refractivity contribution in [3.63, 3.8) is 0 Å². The van der Waals surface area contributed by atoms with Crippen LogP contribution in [-0.2, 0) is 6.54 Å². The van der Waals surface area contributed by atoms with E-state index in [4.69, 9.17) is 9.84 Å². The SMILES string of the molecule is CCn1c(=O)c(C2=NN(c3ccccc3)C(c3ccc(OC)cc3)C2)c(O)c2ccccc21. The van der Waals surface area contributed by atoms with Crippen molar-refractivity contribution in [1.82, 2.24) is 4.57 Å². The maximum atomic E-state index is 13.5. The molecule has 166 valence electrons. The number of hydrogen-bond acceptors (Lipinski definition) is 5. The third-order valence-corrected chi connectivity index (χ3v) is 6.18. The predicted octanol–water partition coefficient (Wildman–Crippen LogP) is 5.09. The van der Waals surface area contributed by atoms with E-state index < -0.39 is 0 Å². The summed E-state index contributed by atoms with van der Waals surface area (Å²) in [5.74, 6) is 0.768. The second-order valence-corrected chi connectivity index (χ2v) is 8.01. The number of aromatic nitrogens is 1. The first-order chi connectivity index (χ1) is 16.1. The maximum absolute atomic E-state index is 13.5. The molecule has 4 aromatic rings. The molecule has 0 saturated heterocycles. The Hall–Kier alpha value is -4.06. The molecule has 0 saturated carbocycles. The number of benzene rings is 3. The third-order valence-electron chi connectivity index (χ3n) is 6.18. The highest BCUT2D eigenvalue weighted by Gasteiger charge is 2.33. The highest BCUT2D eigenvalue weighted by atomic mass is 16.5. The molecule has 1 unspecified atom stereocenters. The smallest absolute Gasteiger partial charge is 0.264 e. The van der Waals surface area contributed by atoms with Gasteiger partial charge in [0.15, 0.2) is 0 Å². The number of ether oxygens (including phenoxy) is 1. The molecule has 0 radical (unpaired) electrons. The van der Waals surface area contributed by atoms with E-state index >= 15 is 0 Å². The second-order valence-electron chi connectivity index (χ2n) is 8.01. The summed E-state index contributed by atoms with van der Waals surface area (Å²) in [5.41, 5.74) is 3.31. The first-order valence-electron chi connectivity index (χ1n) is 11.0. The quantitative estimate of drug-likeness (QED) is 0.470. The van der Waals surface area contributed by atoms with Crippen molar-refractivity contribution >= 4 is 22.3 Å². The van der Waals surface area contributed by atoms with Gasteiger partial charge in [0.1, 0.15) is 17.1 Å². The van der Waals surface area contributed by atoms with Crippen molar-refractivity contribution in [2.24, 2.45) is 5.10 Å². The standard InChI is InChI=1S/C27H25N3O3/c1-3-29-23-12-8-7-11-21(23)26(31)25(27(29)32)22-17-24(18-13-15-20(33-2)16-14-18)30(28-22)19-9-5-4-6-10-19/h4-16,24,31H,3,17H2,1-2H3. The van der Waals surface area contributed by atoms with Gasteiger partial charge in [0.05, 0.1) is 30.1 Å². The number of para-hydroxylation sites is 2. The first-order valence-corrected chi connectivity index (χ1v) is 11.0. The van der Waals surface area contributed by atoms with Crippen LogP contribution in [0.2, 0.25) is 0 Å². The van der Waals surface area contributed by atoms with Gasteiger partial charge in [0.2, 0.25) is 0 Å². The van der Waals surface area contributed by atoms with Crippen molar-refractivity contribution in [1.29, 1.82) is 0 Å². The molecular formula is C27H25N3O3. The van der Waals surface area contributed by atoms with E-state index in [-0.39, 0.29) is 22.9 Å². The number of hydrogen-bond donors (Lipinski definition) is 1. The molecule has 33 heavy (non-hydrogen) atoms. The van der Waals surface area contributed by atoms with Crippen LogP contribution in [0.15, 0.2) is 88.8 Å². The minimum Gasteiger partial charge on any atom is -0.506 e. The number of nitrogens with zero attached hydrogens (tertiary/aromatic N) is 3. The molecule has 6 heteroatoms. The Morgan fingerprint density at radius 1 is 1.00 bits per heavy atom. The largest absolute Gasteiger partial charge is 0.506 e. The molecule has 6 nitrogen and oxygen atoms in total. The summed E-state index contributed by atoms with van der Waals surface area (Å²) in [4.78, 5) is 13.5. The lowest BCUT2D eigenvalue weighted by Crippen LogP contribution is -2.26. The van der Waals surface area contributed by atoms with Crippen molar-refractivity contribution in [2.45, 2.75) is 25.9 Å². The van der Waals surface area contributed by atoms with Gasteiger partial charge in [-0.3, -0.25) is 9.80 Å². The fourth-order valence-electron chi connectivity index (χ4n) is 4.53. The summed E-state index contributed by atoms with van der Waals surface area (Å²) in [6, 6.07) is 25.1. The zero-order valence-electron chi connectivity index (χ0n) is 18.6. The van der Waals surface area contributed by atoms with Crippen LogP contribution in [0, 0.1) is 0 Å². The Morgan fingerprint density at radius 3 is 2.39 bits per heavy atom. The van der Waals surface area contributed by atoms with Gasteiger partial charge in [-0.1, -0.05) is 42.5 Å². The second kappa shape index (κ2) is 8.47. The zero-order chi connectivity index (χ0) is 22.9. The lowest BCUT2D eigenvalue weighted by Gasteiger charge is -2.24. The predicted molar refractivity (Wildman–Crippen MR) is 131 cm³/mol. The van der Waals surface area contributed by atoms with Crippen LogP contribution in [0.25, 0.3) is 10.9 Å². The van der Waals surface area contributed by atoms with Crippen molar-refractivity contribution in [3.8, 4) is 11.5 Å². The lowest BCUT2D eigenvalue weighted by atomic mass is 9.97. The highest BCUT2D eigenvalue weighted by molar-refractivity contribution is 6.08. The van der Waals surface area contributed by atoms with Gasteiger partial charge in [-0.05, 0) is 48.9 Å². The number of pyridine rings is 1. The number of aromatic hydroxyl groups is 1. The zero-order valence-corrected chi connectivity index (χ0v) is 18.6. The van der Waals surface area contributed by atoms with Crippen LogP contribution >= 0.6 is 0 Å². The van der Waals surface area contributed by atoms with Crippen molar-refractivity contribution in [3.05, 3.63) is 100 Å². The highest BCUT2D eigenvalue weighted by Crippen LogP contribution is 2.39. The van der Waals surface area contributed by atoms with E-state index in [1.165, 1.54) is 0 Å². The number of hydrazone groups is 1. The first kappa shape index (κ1) is 20.8. The molecule has 2 heterocycles. The van der Waals surface area contributed by atoms with Gasteiger partial charge in [-0.15, -0.1) is 0 Å². The fraction of sp³-hybridized carbons (Fsp3) is 0.185. The number of fused-ring (bicyclic) bond motifs is 1. The number of rotatable bonds is 5. The molecule has 0 aliphatic carbocycles. The normalized spacial score (nSPS) is 15.6. The average Bonchev–Trinajstić information content (AvgIpc) is 3.30. The monoisotopic (exact) mass is 439 g/mol. The van der Waals surface area contributed by atoms with E-state index in [1.54, 1.807) is 11.7 Å². The Labute approximate surface area is 192 Å². The van der Waals surface area contributed by atoms with E-state index in [0.717, 1.165) is 22.5 Å². The van der Waals surface area contributed by atoms with E-state index in [1.807, 2.05) is 90.8 Å². The Morgan fingerprint density at radius 2 is 1.70 bits per heavy atom. The van der Waals surface area contributed by atoms with Crippen LogP contribution in [0.5, 0.6) is 11.5 Å². The van der Waals surface area contributed by atoms with Gasteiger partial charge in [0, 0.05) is 18.4 Å². The molecule has 1 N–H and O–H groups in total. The molecule has 1 aromatic heterocycles. The number of methoxy groups -OCH3 is 1. The summed E-state index contributed by atoms with van der Waals surface area (Å²) >= 11 is 0. The van der Waals surface area contributed by atoms with Crippen molar-refractivity contribution < 1.29 is 9.84 Å². The fourth-order valence-corrected chi connectivity index (χ4v) is 4.53. The minimum absolute atomic E-state index is 0.0116. The summed E-state index contributed by atoms with van der Waals surface area (Å²) in [7, 11) is 1.64. The maximum Gasteiger partial charge on any atom is 0.264 e. The van der Waals surface area contributed by atoms with Crippen LogP contribution in [-0.4, -0.2) is 22.5 Å². The van der Waals surface area contributed by atoms with Gasteiger partial charge in [-0.25, -0.2) is 0 Å².